The van der Waals surface area contributed by atoms with Gasteiger partial charge in [0.15, 0.2) is 0 Å². The van der Waals surface area contributed by atoms with Gasteiger partial charge in [-0.15, -0.1) is 0 Å². The van der Waals surface area contributed by atoms with Crippen LogP contribution < -0.4 is 5.32 Å². The first kappa shape index (κ1) is 16.0. The summed E-state index contributed by atoms with van der Waals surface area (Å²) in [5, 5.41) is 11.5. The van der Waals surface area contributed by atoms with Gasteiger partial charge in [0.1, 0.15) is 0 Å². The summed E-state index contributed by atoms with van der Waals surface area (Å²) in [6, 6.07) is 0.00200. The maximum absolute atomic E-state index is 12.2. The van der Waals surface area contributed by atoms with Crippen molar-refractivity contribution in [3.63, 3.8) is 0 Å². The van der Waals surface area contributed by atoms with E-state index in [1.165, 1.54) is 0 Å². The molecular weight excluding hydrogens is 246 g/mol. The molecule has 5 atom stereocenters. The van der Waals surface area contributed by atoms with Gasteiger partial charge in [0.05, 0.1) is 18.1 Å². The summed E-state index contributed by atoms with van der Waals surface area (Å²) < 4.78 is 5.66. The number of carboxylic acids is 1. The molecule has 0 aromatic heterocycles. The van der Waals surface area contributed by atoms with Crippen LogP contribution in [0.3, 0.4) is 0 Å². The fraction of sp³-hybridized carbons (Fsp3) is 0.857. The largest absolute Gasteiger partial charge is 0.481 e. The Balaban J connectivity index is 2.39. The second-order valence-electron chi connectivity index (χ2n) is 5.63. The topological polar surface area (TPSA) is 75.6 Å². The Morgan fingerprint density at radius 1 is 1.26 bits per heavy atom. The molecule has 0 spiro atoms. The molecule has 5 heteroatoms. The molecule has 1 fully saturated rings. The molecule has 2 N–H and O–H groups in total. The molecule has 0 bridgehead atoms. The Hall–Kier alpha value is -1.10. The maximum atomic E-state index is 12.2. The van der Waals surface area contributed by atoms with E-state index in [-0.39, 0.29) is 42.4 Å². The minimum atomic E-state index is -0.793. The van der Waals surface area contributed by atoms with Gasteiger partial charge in [-0.1, -0.05) is 6.92 Å². The van der Waals surface area contributed by atoms with E-state index in [2.05, 4.69) is 5.32 Å². The highest BCUT2D eigenvalue weighted by atomic mass is 16.5. The Morgan fingerprint density at radius 3 is 2.37 bits per heavy atom. The lowest BCUT2D eigenvalue weighted by Crippen LogP contribution is -2.41. The van der Waals surface area contributed by atoms with Gasteiger partial charge < -0.3 is 15.2 Å². The zero-order valence-corrected chi connectivity index (χ0v) is 12.2. The predicted molar refractivity (Wildman–Crippen MR) is 71.8 cm³/mol. The second kappa shape index (κ2) is 6.89. The molecule has 1 rings (SSSR count). The highest BCUT2D eigenvalue weighted by molar-refractivity contribution is 5.80. The molecule has 19 heavy (non-hydrogen) atoms. The molecule has 1 aliphatic rings. The number of ether oxygens (including phenoxy) is 1. The molecule has 1 heterocycles. The number of carbonyl (C=O) groups is 2. The molecule has 110 valence electrons. The van der Waals surface area contributed by atoms with Gasteiger partial charge in [0, 0.05) is 12.5 Å². The minimum absolute atomic E-state index is 0.00200. The molecule has 0 aromatic carbocycles. The van der Waals surface area contributed by atoms with Crippen LogP contribution in [0.1, 0.15) is 47.0 Å². The standard InChI is InChI=1S/C14H25NO4/c1-8(6-5-7-12(16)17)15-14(18)13-9(2)10(3)19-11(13)4/h8-11,13H,5-7H2,1-4H3,(H,15,18)(H,16,17). The third-order valence-corrected chi connectivity index (χ3v) is 3.96. The summed E-state index contributed by atoms with van der Waals surface area (Å²) >= 11 is 0. The van der Waals surface area contributed by atoms with Gasteiger partial charge >= 0.3 is 5.97 Å². The maximum Gasteiger partial charge on any atom is 0.303 e. The van der Waals surface area contributed by atoms with Crippen molar-refractivity contribution in [1.29, 1.82) is 0 Å². The van der Waals surface area contributed by atoms with E-state index >= 15 is 0 Å². The van der Waals surface area contributed by atoms with Crippen molar-refractivity contribution >= 4 is 11.9 Å². The smallest absolute Gasteiger partial charge is 0.303 e. The van der Waals surface area contributed by atoms with Crippen molar-refractivity contribution in [2.45, 2.75) is 65.2 Å². The third kappa shape index (κ3) is 4.49. The highest BCUT2D eigenvalue weighted by Crippen LogP contribution is 2.32. The van der Waals surface area contributed by atoms with Gasteiger partial charge in [-0.25, -0.2) is 0 Å². The van der Waals surface area contributed by atoms with Crippen LogP contribution in [0.2, 0.25) is 0 Å². The van der Waals surface area contributed by atoms with E-state index in [9.17, 15) is 9.59 Å². The first-order valence-electron chi connectivity index (χ1n) is 7.00. The quantitative estimate of drug-likeness (QED) is 0.772. The van der Waals surface area contributed by atoms with Gasteiger partial charge in [-0.2, -0.15) is 0 Å². The van der Waals surface area contributed by atoms with Crippen molar-refractivity contribution in [2.24, 2.45) is 11.8 Å². The van der Waals surface area contributed by atoms with Crippen LogP contribution in [-0.2, 0) is 14.3 Å². The summed E-state index contributed by atoms with van der Waals surface area (Å²) in [6.45, 7) is 7.87. The first-order valence-corrected chi connectivity index (χ1v) is 7.00. The minimum Gasteiger partial charge on any atom is -0.481 e. The fourth-order valence-electron chi connectivity index (χ4n) is 2.69. The molecule has 5 unspecified atom stereocenters. The summed E-state index contributed by atoms with van der Waals surface area (Å²) in [5.41, 5.74) is 0. The van der Waals surface area contributed by atoms with Crippen LogP contribution in [0.5, 0.6) is 0 Å². The lowest BCUT2D eigenvalue weighted by molar-refractivity contribution is -0.137. The van der Waals surface area contributed by atoms with Crippen LogP contribution in [0.15, 0.2) is 0 Å². The molecule has 5 nitrogen and oxygen atoms in total. The van der Waals surface area contributed by atoms with E-state index in [0.29, 0.717) is 12.8 Å². The van der Waals surface area contributed by atoms with Crippen LogP contribution in [0, 0.1) is 11.8 Å². The number of rotatable bonds is 6. The van der Waals surface area contributed by atoms with Crippen molar-refractivity contribution in [3.8, 4) is 0 Å². The number of nitrogens with one attached hydrogen (secondary N) is 1. The predicted octanol–water partition coefficient (Wildman–Crippen LogP) is 1.81. The lowest BCUT2D eigenvalue weighted by Gasteiger charge is -2.21. The number of hydrogen-bond donors (Lipinski definition) is 2. The Labute approximate surface area is 114 Å². The number of amides is 1. The zero-order valence-electron chi connectivity index (χ0n) is 12.2. The molecule has 0 aliphatic carbocycles. The Kier molecular flexibility index (Phi) is 5.79. The number of carboxylic acid groups (broad SMARTS) is 1. The summed E-state index contributed by atoms with van der Waals surface area (Å²) in [5.74, 6) is -0.677. The van der Waals surface area contributed by atoms with E-state index in [1.54, 1.807) is 0 Å². The normalized spacial score (nSPS) is 32.0. The summed E-state index contributed by atoms with van der Waals surface area (Å²) in [7, 11) is 0. The molecule has 1 amide bonds. The number of hydrogen-bond acceptors (Lipinski definition) is 3. The molecule has 1 aliphatic heterocycles. The third-order valence-electron chi connectivity index (χ3n) is 3.96. The molecule has 0 aromatic rings. The average molecular weight is 271 g/mol. The summed E-state index contributed by atoms with van der Waals surface area (Å²) in [4.78, 5) is 22.6. The number of carbonyl (C=O) groups excluding carboxylic acids is 1. The Bertz CT molecular complexity index is 331. The summed E-state index contributed by atoms with van der Waals surface area (Å²) in [6.07, 6.45) is 1.46. The van der Waals surface area contributed by atoms with Gasteiger partial charge in [0.25, 0.3) is 0 Å². The van der Waals surface area contributed by atoms with Crippen LogP contribution in [0.25, 0.3) is 0 Å². The van der Waals surface area contributed by atoms with E-state index in [1.807, 2.05) is 27.7 Å². The van der Waals surface area contributed by atoms with Gasteiger partial charge in [-0.05, 0) is 39.5 Å². The monoisotopic (exact) mass is 271 g/mol. The van der Waals surface area contributed by atoms with Gasteiger partial charge in [0.2, 0.25) is 5.91 Å². The van der Waals surface area contributed by atoms with E-state index in [0.717, 1.165) is 0 Å². The first-order chi connectivity index (χ1) is 8.82. The Morgan fingerprint density at radius 2 is 1.89 bits per heavy atom. The van der Waals surface area contributed by atoms with E-state index < -0.39 is 5.97 Å². The highest BCUT2D eigenvalue weighted by Gasteiger charge is 2.41. The van der Waals surface area contributed by atoms with Gasteiger partial charge in [-0.3, -0.25) is 9.59 Å². The fourth-order valence-corrected chi connectivity index (χ4v) is 2.69. The van der Waals surface area contributed by atoms with Crippen LogP contribution in [0.4, 0.5) is 0 Å². The SMILES string of the molecule is CC(CCCC(=O)O)NC(=O)C1C(C)OC(C)C1C. The zero-order chi connectivity index (χ0) is 14.6. The molecule has 1 saturated heterocycles. The van der Waals surface area contributed by atoms with Crippen LogP contribution in [-0.4, -0.2) is 35.2 Å². The second-order valence-corrected chi connectivity index (χ2v) is 5.63. The lowest BCUT2D eigenvalue weighted by atomic mass is 9.88. The van der Waals surface area contributed by atoms with Crippen molar-refractivity contribution in [2.75, 3.05) is 0 Å². The molecule has 0 radical (unpaired) electrons. The average Bonchev–Trinajstić information content (AvgIpc) is 2.52. The van der Waals surface area contributed by atoms with E-state index in [4.69, 9.17) is 9.84 Å². The molecular formula is C14H25NO4. The van der Waals surface area contributed by atoms with Crippen molar-refractivity contribution < 1.29 is 19.4 Å². The number of aliphatic carboxylic acids is 1. The molecule has 0 saturated carbocycles. The van der Waals surface area contributed by atoms with Crippen molar-refractivity contribution in [1.82, 2.24) is 5.32 Å². The van der Waals surface area contributed by atoms with Crippen molar-refractivity contribution in [3.05, 3.63) is 0 Å². The van der Waals surface area contributed by atoms with Crippen LogP contribution >= 0.6 is 0 Å².